The van der Waals surface area contributed by atoms with Crippen molar-refractivity contribution in [1.82, 2.24) is 29.4 Å². The third-order valence-electron chi connectivity index (χ3n) is 6.63. The van der Waals surface area contributed by atoms with Gasteiger partial charge in [-0.05, 0) is 37.8 Å². The van der Waals surface area contributed by atoms with E-state index < -0.39 is 0 Å². The summed E-state index contributed by atoms with van der Waals surface area (Å²) in [5.41, 5.74) is 2.40. The molecule has 0 N–H and O–H groups in total. The lowest BCUT2D eigenvalue weighted by Gasteiger charge is -2.47. The molecule has 0 aromatic carbocycles. The predicted molar refractivity (Wildman–Crippen MR) is 116 cm³/mol. The molecule has 0 amide bonds. The van der Waals surface area contributed by atoms with Crippen molar-refractivity contribution in [1.29, 1.82) is 0 Å². The molecule has 3 aromatic rings. The van der Waals surface area contributed by atoms with Crippen LogP contribution in [0.15, 0.2) is 24.7 Å². The lowest BCUT2D eigenvalue weighted by atomic mass is 9.79. The van der Waals surface area contributed by atoms with Gasteiger partial charge in [-0.15, -0.1) is 16.4 Å². The lowest BCUT2D eigenvalue weighted by Crippen LogP contribution is -2.50. The first kappa shape index (κ1) is 19.9. The number of hydrogen-bond acceptors (Lipinski definition) is 6. The number of nitrogens with zero attached hydrogens (tertiary/aromatic N) is 6. The van der Waals surface area contributed by atoms with Crippen LogP contribution in [0, 0.1) is 0 Å². The van der Waals surface area contributed by atoms with Crippen molar-refractivity contribution in [2.45, 2.75) is 64.3 Å². The maximum atomic E-state index is 6.47. The second-order valence-electron chi connectivity index (χ2n) is 8.63. The summed E-state index contributed by atoms with van der Waals surface area (Å²) in [6, 6.07) is 2.86. The van der Waals surface area contributed by atoms with Crippen molar-refractivity contribution < 1.29 is 4.74 Å². The van der Waals surface area contributed by atoms with Crippen LogP contribution in [-0.4, -0.2) is 48.6 Å². The fourth-order valence-corrected chi connectivity index (χ4v) is 6.08. The van der Waals surface area contributed by atoms with Gasteiger partial charge >= 0.3 is 0 Å². The van der Waals surface area contributed by atoms with Crippen molar-refractivity contribution in [2.24, 2.45) is 7.05 Å². The molecule has 2 atom stereocenters. The van der Waals surface area contributed by atoms with Gasteiger partial charge in [-0.2, -0.15) is 0 Å². The normalized spacial score (nSPS) is 24.4. The van der Waals surface area contributed by atoms with Crippen molar-refractivity contribution in [3.05, 3.63) is 51.5 Å². The highest BCUT2D eigenvalue weighted by molar-refractivity contribution is 7.12. The van der Waals surface area contributed by atoms with Crippen LogP contribution in [0.25, 0.3) is 0 Å². The summed E-state index contributed by atoms with van der Waals surface area (Å²) in [6.45, 7) is 7.91. The van der Waals surface area contributed by atoms with Crippen LogP contribution >= 0.6 is 11.3 Å². The van der Waals surface area contributed by atoms with Gasteiger partial charge < -0.3 is 9.30 Å². The fourth-order valence-electron chi connectivity index (χ4n) is 4.90. The van der Waals surface area contributed by atoms with Gasteiger partial charge in [-0.25, -0.2) is 9.67 Å². The predicted octanol–water partition coefficient (Wildman–Crippen LogP) is 3.14. The van der Waals surface area contributed by atoms with Crippen molar-refractivity contribution in [2.75, 3.05) is 13.2 Å². The summed E-state index contributed by atoms with van der Waals surface area (Å²) in [6.07, 6.45) is 10.1. The maximum Gasteiger partial charge on any atom is 0.130 e. The Labute approximate surface area is 181 Å². The van der Waals surface area contributed by atoms with E-state index in [1.54, 1.807) is 4.88 Å². The van der Waals surface area contributed by atoms with E-state index in [-0.39, 0.29) is 5.60 Å². The van der Waals surface area contributed by atoms with E-state index >= 15 is 0 Å². The molecule has 5 rings (SSSR count). The van der Waals surface area contributed by atoms with Crippen LogP contribution < -0.4 is 0 Å². The van der Waals surface area contributed by atoms with E-state index in [9.17, 15) is 0 Å². The Hall–Kier alpha value is -2.03. The number of fused-ring (bicyclic) bond motifs is 2. The molecule has 0 unspecified atom stereocenters. The SMILES string of the molecule is CCc1cc2c(s1)CCO[C@@]21CCN(Cc2cn(Cc3nccn3C)nn2)[C@@H](C)C1. The third-order valence-corrected chi connectivity index (χ3v) is 7.97. The number of hydrogen-bond donors (Lipinski definition) is 0. The van der Waals surface area contributed by atoms with Crippen LogP contribution in [0.5, 0.6) is 0 Å². The maximum absolute atomic E-state index is 6.47. The molecular weight excluding hydrogens is 396 g/mol. The van der Waals surface area contributed by atoms with Crippen LogP contribution in [0.2, 0.25) is 0 Å². The average molecular weight is 427 g/mol. The number of rotatable bonds is 5. The Kier molecular flexibility index (Phi) is 5.24. The first-order valence-electron chi connectivity index (χ1n) is 10.9. The minimum atomic E-state index is -0.0940. The van der Waals surface area contributed by atoms with E-state index in [0.717, 1.165) is 56.9 Å². The highest BCUT2D eigenvalue weighted by atomic mass is 32.1. The summed E-state index contributed by atoms with van der Waals surface area (Å²) in [4.78, 5) is 9.93. The Morgan fingerprint density at radius 1 is 1.33 bits per heavy atom. The van der Waals surface area contributed by atoms with E-state index in [2.05, 4.69) is 40.1 Å². The number of piperidine rings is 1. The van der Waals surface area contributed by atoms with Gasteiger partial charge in [0.05, 0.1) is 24.1 Å². The molecule has 0 aliphatic carbocycles. The molecule has 2 aliphatic heterocycles. The smallest absolute Gasteiger partial charge is 0.130 e. The first-order valence-corrected chi connectivity index (χ1v) is 11.7. The Bertz CT molecular complexity index is 1020. The topological polar surface area (TPSA) is 61.0 Å². The highest BCUT2D eigenvalue weighted by Gasteiger charge is 2.44. The van der Waals surface area contributed by atoms with Gasteiger partial charge in [0, 0.05) is 54.7 Å². The molecule has 7 nitrogen and oxygen atoms in total. The van der Waals surface area contributed by atoms with Crippen molar-refractivity contribution in [3.8, 4) is 0 Å². The molecule has 1 saturated heterocycles. The summed E-state index contributed by atoms with van der Waals surface area (Å²) < 4.78 is 10.4. The third kappa shape index (κ3) is 3.61. The number of likely N-dealkylation sites (tertiary alicyclic amines) is 1. The molecule has 1 spiro atoms. The van der Waals surface area contributed by atoms with Crippen LogP contribution in [0.3, 0.4) is 0 Å². The highest BCUT2D eigenvalue weighted by Crippen LogP contribution is 2.46. The minimum absolute atomic E-state index is 0.0940. The van der Waals surface area contributed by atoms with Gasteiger partial charge in [0.15, 0.2) is 0 Å². The Morgan fingerprint density at radius 3 is 3.00 bits per heavy atom. The van der Waals surface area contributed by atoms with Gasteiger partial charge in [-0.1, -0.05) is 12.1 Å². The zero-order valence-corrected chi connectivity index (χ0v) is 18.9. The van der Waals surface area contributed by atoms with Crippen LogP contribution in [0.1, 0.15) is 53.5 Å². The summed E-state index contributed by atoms with van der Waals surface area (Å²) in [5.74, 6) is 0.979. The van der Waals surface area contributed by atoms with E-state index in [0.29, 0.717) is 12.6 Å². The molecule has 30 heavy (non-hydrogen) atoms. The average Bonchev–Trinajstić information content (AvgIpc) is 3.46. The fraction of sp³-hybridized carbons (Fsp3) is 0.591. The first-order chi connectivity index (χ1) is 14.6. The van der Waals surface area contributed by atoms with Crippen molar-refractivity contribution in [3.63, 3.8) is 0 Å². The quantitative estimate of drug-likeness (QED) is 0.627. The van der Waals surface area contributed by atoms with E-state index in [1.807, 2.05) is 46.2 Å². The van der Waals surface area contributed by atoms with E-state index in [1.165, 1.54) is 10.4 Å². The zero-order valence-electron chi connectivity index (χ0n) is 18.0. The summed E-state index contributed by atoms with van der Waals surface area (Å²) in [7, 11) is 2.00. The molecule has 0 radical (unpaired) electrons. The van der Waals surface area contributed by atoms with Crippen molar-refractivity contribution >= 4 is 11.3 Å². The van der Waals surface area contributed by atoms with Gasteiger partial charge in [0.25, 0.3) is 0 Å². The Balaban J connectivity index is 1.26. The summed E-state index contributed by atoms with van der Waals surface area (Å²) >= 11 is 1.99. The van der Waals surface area contributed by atoms with Crippen LogP contribution in [0.4, 0.5) is 0 Å². The monoisotopic (exact) mass is 426 g/mol. The van der Waals surface area contributed by atoms with Crippen LogP contribution in [-0.2, 0) is 43.3 Å². The number of aromatic nitrogens is 5. The Morgan fingerprint density at radius 2 is 2.23 bits per heavy atom. The standard InChI is InChI=1S/C22H30N6OS/c1-4-18-11-19-20(30-18)5-10-29-22(19)6-8-27(16(2)12-22)13-17-14-28(25-24-17)15-21-23-7-9-26(21)3/h7,9,11,14,16H,4-6,8,10,12-13,15H2,1-3H3/t16-,22+/m0/s1. The van der Waals surface area contributed by atoms with Gasteiger partial charge in [0.2, 0.25) is 0 Å². The van der Waals surface area contributed by atoms with E-state index in [4.69, 9.17) is 4.74 Å². The molecule has 8 heteroatoms. The zero-order chi connectivity index (χ0) is 20.7. The molecule has 2 aliphatic rings. The number of ether oxygens (including phenoxy) is 1. The largest absolute Gasteiger partial charge is 0.370 e. The second-order valence-corrected chi connectivity index (χ2v) is 9.85. The van der Waals surface area contributed by atoms with Gasteiger partial charge in [0.1, 0.15) is 12.4 Å². The number of thiophene rings is 1. The summed E-state index contributed by atoms with van der Waals surface area (Å²) in [5, 5.41) is 8.73. The van der Waals surface area contributed by atoms with Gasteiger partial charge in [-0.3, -0.25) is 4.90 Å². The molecule has 1 fully saturated rings. The molecular formula is C22H30N6OS. The molecule has 5 heterocycles. The minimum Gasteiger partial charge on any atom is -0.370 e. The number of imidazole rings is 1. The number of aryl methyl sites for hydroxylation is 2. The lowest BCUT2D eigenvalue weighted by molar-refractivity contribution is -0.112. The molecule has 3 aromatic heterocycles. The molecule has 0 saturated carbocycles. The second kappa shape index (κ2) is 7.90. The molecule has 160 valence electrons. The molecule has 0 bridgehead atoms.